The molecule has 1 rings (SSSR count). The molecule has 0 bridgehead atoms. The predicted octanol–water partition coefficient (Wildman–Crippen LogP) is 7.72. The van der Waals surface area contributed by atoms with E-state index in [2.05, 4.69) is 38.1 Å². The van der Waals surface area contributed by atoms with Crippen LogP contribution >= 0.6 is 0 Å². The molecule has 1 aromatic rings. The van der Waals surface area contributed by atoms with E-state index in [1.807, 2.05) is 0 Å². The summed E-state index contributed by atoms with van der Waals surface area (Å²) >= 11 is 0. The molecule has 0 amide bonds. The average molecular weight is 333 g/mol. The van der Waals surface area contributed by atoms with E-state index in [-0.39, 0.29) is 0 Å². The zero-order valence-corrected chi connectivity index (χ0v) is 16.3. The van der Waals surface area contributed by atoms with E-state index in [0.717, 1.165) is 25.2 Å². The van der Waals surface area contributed by atoms with Crippen LogP contribution in [0, 0.1) is 0 Å². The largest absolute Gasteiger partial charge is 0.493 e. The highest BCUT2D eigenvalue weighted by Crippen LogP contribution is 2.21. The van der Waals surface area contributed by atoms with Gasteiger partial charge in [-0.25, -0.2) is 0 Å². The zero-order chi connectivity index (χ0) is 17.3. The molecule has 1 heteroatoms. The molecule has 0 aliphatic rings. The monoisotopic (exact) mass is 332 g/mol. The number of para-hydroxylation sites is 1. The molecule has 1 aromatic carbocycles. The van der Waals surface area contributed by atoms with Crippen molar-refractivity contribution in [3.8, 4) is 5.75 Å². The number of rotatable bonds is 16. The lowest BCUT2D eigenvalue weighted by Gasteiger charge is -2.10. The van der Waals surface area contributed by atoms with E-state index < -0.39 is 0 Å². The average Bonchev–Trinajstić information content (AvgIpc) is 2.61. The smallest absolute Gasteiger partial charge is 0.122 e. The molecule has 1 nitrogen and oxygen atoms in total. The van der Waals surface area contributed by atoms with Crippen LogP contribution in [0.1, 0.15) is 103 Å². The van der Waals surface area contributed by atoms with Crippen molar-refractivity contribution in [3.63, 3.8) is 0 Å². The molecule has 0 N–H and O–H groups in total. The van der Waals surface area contributed by atoms with Gasteiger partial charge in [-0.05, 0) is 30.9 Å². The minimum absolute atomic E-state index is 0.829. The van der Waals surface area contributed by atoms with Crippen molar-refractivity contribution in [2.75, 3.05) is 6.61 Å². The van der Waals surface area contributed by atoms with Crippen LogP contribution in [-0.2, 0) is 6.42 Å². The number of benzene rings is 1. The molecular formula is C23H40O. The number of aryl methyl sites for hydroxylation is 1. The van der Waals surface area contributed by atoms with Gasteiger partial charge in [-0.3, -0.25) is 0 Å². The van der Waals surface area contributed by atoms with E-state index in [0.29, 0.717) is 0 Å². The molecule has 0 aromatic heterocycles. The fourth-order valence-electron chi connectivity index (χ4n) is 3.22. The Hall–Kier alpha value is -0.980. The summed E-state index contributed by atoms with van der Waals surface area (Å²) in [7, 11) is 0. The van der Waals surface area contributed by atoms with Gasteiger partial charge >= 0.3 is 0 Å². The van der Waals surface area contributed by atoms with Gasteiger partial charge in [0.05, 0.1) is 6.61 Å². The van der Waals surface area contributed by atoms with Gasteiger partial charge in [0.25, 0.3) is 0 Å². The van der Waals surface area contributed by atoms with Crippen LogP contribution in [0.4, 0.5) is 0 Å². The normalized spacial score (nSPS) is 10.9. The van der Waals surface area contributed by atoms with Crippen molar-refractivity contribution in [1.82, 2.24) is 0 Å². The summed E-state index contributed by atoms with van der Waals surface area (Å²) in [6.45, 7) is 5.28. The van der Waals surface area contributed by atoms with Crippen LogP contribution < -0.4 is 4.74 Å². The Bertz CT molecular complexity index is 385. The van der Waals surface area contributed by atoms with Gasteiger partial charge in [0.2, 0.25) is 0 Å². The summed E-state index contributed by atoms with van der Waals surface area (Å²) in [5.74, 6) is 1.10. The summed E-state index contributed by atoms with van der Waals surface area (Å²) < 4.78 is 5.84. The Morgan fingerprint density at radius 1 is 0.625 bits per heavy atom. The first kappa shape index (κ1) is 21.1. The Morgan fingerprint density at radius 3 is 1.75 bits per heavy atom. The molecule has 0 fully saturated rings. The highest BCUT2D eigenvalue weighted by atomic mass is 16.5. The van der Waals surface area contributed by atoms with Gasteiger partial charge in [0.15, 0.2) is 0 Å². The van der Waals surface area contributed by atoms with E-state index in [4.69, 9.17) is 4.74 Å². The van der Waals surface area contributed by atoms with Crippen LogP contribution in [-0.4, -0.2) is 6.61 Å². The molecule has 138 valence electrons. The first-order valence-corrected chi connectivity index (χ1v) is 10.6. The summed E-state index contributed by atoms with van der Waals surface area (Å²) in [4.78, 5) is 0. The first-order chi connectivity index (χ1) is 11.9. The van der Waals surface area contributed by atoms with E-state index in [9.17, 15) is 0 Å². The maximum atomic E-state index is 5.84. The highest BCUT2D eigenvalue weighted by molar-refractivity contribution is 5.33. The quantitative estimate of drug-likeness (QED) is 0.281. The number of ether oxygens (including phenoxy) is 1. The van der Waals surface area contributed by atoms with Crippen molar-refractivity contribution >= 4 is 0 Å². The summed E-state index contributed by atoms with van der Waals surface area (Å²) in [5, 5.41) is 0. The zero-order valence-electron chi connectivity index (χ0n) is 16.3. The van der Waals surface area contributed by atoms with Crippen molar-refractivity contribution in [1.29, 1.82) is 0 Å². The summed E-state index contributed by atoms with van der Waals surface area (Å²) in [6, 6.07) is 8.56. The topological polar surface area (TPSA) is 9.23 Å². The van der Waals surface area contributed by atoms with Crippen molar-refractivity contribution in [2.24, 2.45) is 0 Å². The molecule has 24 heavy (non-hydrogen) atoms. The molecule has 0 saturated heterocycles. The summed E-state index contributed by atoms with van der Waals surface area (Å²) in [5.41, 5.74) is 1.39. The maximum Gasteiger partial charge on any atom is 0.122 e. The SMILES string of the molecule is CCCCCCCCCCCCCCc1ccccc1OCCC. The number of hydrogen-bond acceptors (Lipinski definition) is 1. The fraction of sp³-hybridized carbons (Fsp3) is 0.739. The first-order valence-electron chi connectivity index (χ1n) is 10.6. The molecular weight excluding hydrogens is 292 g/mol. The van der Waals surface area contributed by atoms with Gasteiger partial charge in [0, 0.05) is 0 Å². The highest BCUT2D eigenvalue weighted by Gasteiger charge is 2.02. The third kappa shape index (κ3) is 10.7. The number of unbranched alkanes of at least 4 members (excludes halogenated alkanes) is 11. The Kier molecular flexibility index (Phi) is 13.6. The van der Waals surface area contributed by atoms with Crippen LogP contribution in [0.3, 0.4) is 0 Å². The van der Waals surface area contributed by atoms with E-state index in [1.54, 1.807) is 0 Å². The van der Waals surface area contributed by atoms with Crippen LogP contribution in [0.25, 0.3) is 0 Å². The van der Waals surface area contributed by atoms with Crippen LogP contribution in [0.15, 0.2) is 24.3 Å². The molecule has 0 saturated carbocycles. The summed E-state index contributed by atoms with van der Waals surface area (Å²) in [6.07, 6.45) is 19.2. The van der Waals surface area contributed by atoms with E-state index in [1.165, 1.54) is 82.6 Å². The Balaban J connectivity index is 1.97. The molecule has 0 heterocycles. The van der Waals surface area contributed by atoms with Gasteiger partial charge in [-0.1, -0.05) is 103 Å². The third-order valence-electron chi connectivity index (χ3n) is 4.73. The second kappa shape index (κ2) is 15.5. The fourth-order valence-corrected chi connectivity index (χ4v) is 3.22. The van der Waals surface area contributed by atoms with Gasteiger partial charge in [-0.15, -0.1) is 0 Å². The maximum absolute atomic E-state index is 5.84. The lowest BCUT2D eigenvalue weighted by atomic mass is 10.0. The predicted molar refractivity (Wildman–Crippen MR) is 107 cm³/mol. The molecule has 0 aliphatic carbocycles. The second-order valence-electron chi connectivity index (χ2n) is 7.10. The Morgan fingerprint density at radius 2 is 1.17 bits per heavy atom. The number of hydrogen-bond donors (Lipinski definition) is 0. The standard InChI is InChI=1S/C23H40O/c1-3-5-6-7-8-9-10-11-12-13-14-15-18-22-19-16-17-20-23(22)24-21-4-2/h16-17,19-20H,3-15,18,21H2,1-2H3. The van der Waals surface area contributed by atoms with Crippen molar-refractivity contribution < 1.29 is 4.74 Å². The molecule has 0 unspecified atom stereocenters. The van der Waals surface area contributed by atoms with E-state index >= 15 is 0 Å². The van der Waals surface area contributed by atoms with Gasteiger partial charge in [0.1, 0.15) is 5.75 Å². The van der Waals surface area contributed by atoms with Gasteiger partial charge < -0.3 is 4.74 Å². The van der Waals surface area contributed by atoms with Crippen LogP contribution in [0.2, 0.25) is 0 Å². The molecule has 0 radical (unpaired) electrons. The Labute approximate surface area is 151 Å². The molecule has 0 aliphatic heterocycles. The third-order valence-corrected chi connectivity index (χ3v) is 4.73. The van der Waals surface area contributed by atoms with Crippen LogP contribution in [0.5, 0.6) is 5.75 Å². The second-order valence-corrected chi connectivity index (χ2v) is 7.10. The minimum atomic E-state index is 0.829. The molecule has 0 spiro atoms. The minimum Gasteiger partial charge on any atom is -0.493 e. The van der Waals surface area contributed by atoms with Crippen molar-refractivity contribution in [2.45, 2.75) is 104 Å². The van der Waals surface area contributed by atoms with Crippen molar-refractivity contribution in [3.05, 3.63) is 29.8 Å². The van der Waals surface area contributed by atoms with Gasteiger partial charge in [-0.2, -0.15) is 0 Å². The lowest BCUT2D eigenvalue weighted by Crippen LogP contribution is -1.99. The molecule has 0 atom stereocenters. The lowest BCUT2D eigenvalue weighted by molar-refractivity contribution is 0.314.